The fraction of sp³-hybridized carbons (Fsp3) is 0.529. The summed E-state index contributed by atoms with van der Waals surface area (Å²) in [4.78, 5) is 33.0. The van der Waals surface area contributed by atoms with Crippen LogP contribution in [0, 0.1) is 6.92 Å². The molecule has 0 saturated heterocycles. The van der Waals surface area contributed by atoms with E-state index in [2.05, 4.69) is 10.1 Å². The Kier molecular flexibility index (Phi) is 4.61. The van der Waals surface area contributed by atoms with Crippen molar-refractivity contribution in [2.75, 3.05) is 19.6 Å². The fourth-order valence-corrected chi connectivity index (χ4v) is 3.03. The first-order valence-electron chi connectivity index (χ1n) is 8.59. The van der Waals surface area contributed by atoms with E-state index >= 15 is 0 Å². The van der Waals surface area contributed by atoms with Crippen molar-refractivity contribution in [3.8, 4) is 0 Å². The number of carbonyl (C=O) groups excluding carboxylic acids is 2. The lowest BCUT2D eigenvalue weighted by Gasteiger charge is -2.25. The van der Waals surface area contributed by atoms with E-state index in [0.717, 1.165) is 11.3 Å². The Morgan fingerprint density at radius 2 is 2.08 bits per heavy atom. The highest BCUT2D eigenvalue weighted by atomic mass is 16.2. The molecule has 8 heteroatoms. The van der Waals surface area contributed by atoms with Crippen molar-refractivity contribution < 1.29 is 9.59 Å². The van der Waals surface area contributed by atoms with Gasteiger partial charge in [-0.15, -0.1) is 0 Å². The van der Waals surface area contributed by atoms with Crippen molar-refractivity contribution in [1.82, 2.24) is 29.1 Å². The van der Waals surface area contributed by atoms with E-state index in [9.17, 15) is 9.59 Å². The van der Waals surface area contributed by atoms with E-state index in [1.807, 2.05) is 27.8 Å². The van der Waals surface area contributed by atoms with Crippen LogP contribution >= 0.6 is 0 Å². The molecule has 3 rings (SSSR count). The lowest BCUT2D eigenvalue weighted by atomic mass is 10.2. The van der Waals surface area contributed by atoms with E-state index in [0.29, 0.717) is 44.2 Å². The molecule has 0 aromatic carbocycles. The van der Waals surface area contributed by atoms with Gasteiger partial charge in [-0.1, -0.05) is 0 Å². The van der Waals surface area contributed by atoms with Gasteiger partial charge in [0, 0.05) is 57.2 Å². The van der Waals surface area contributed by atoms with Crippen LogP contribution in [-0.2, 0) is 20.1 Å². The summed E-state index contributed by atoms with van der Waals surface area (Å²) in [5, 5.41) is 4.23. The highest BCUT2D eigenvalue weighted by Crippen LogP contribution is 2.16. The molecule has 1 aliphatic rings. The van der Waals surface area contributed by atoms with Crippen molar-refractivity contribution in [2.24, 2.45) is 7.05 Å². The normalized spacial score (nSPS) is 13.9. The molecule has 8 nitrogen and oxygen atoms in total. The number of fused-ring (bicyclic) bond motifs is 1. The minimum absolute atomic E-state index is 0.112. The maximum atomic E-state index is 12.9. The van der Waals surface area contributed by atoms with E-state index in [-0.39, 0.29) is 11.8 Å². The molecule has 0 bridgehead atoms. The van der Waals surface area contributed by atoms with Gasteiger partial charge in [0.1, 0.15) is 5.69 Å². The molecule has 2 aromatic heterocycles. The SMILES string of the molecule is CCN(Cc1cnn(C)c1C)C(=O)c1cn2c(n1)C(=O)N(CC)CC2. The number of hydrogen-bond donors (Lipinski definition) is 0. The molecule has 2 amide bonds. The van der Waals surface area contributed by atoms with E-state index in [4.69, 9.17) is 0 Å². The summed E-state index contributed by atoms with van der Waals surface area (Å²) in [5.41, 5.74) is 2.36. The van der Waals surface area contributed by atoms with Gasteiger partial charge in [0.05, 0.1) is 6.20 Å². The van der Waals surface area contributed by atoms with Crippen LogP contribution in [0.4, 0.5) is 0 Å². The van der Waals surface area contributed by atoms with Crippen molar-refractivity contribution in [2.45, 2.75) is 33.9 Å². The first-order valence-corrected chi connectivity index (χ1v) is 8.59. The number of nitrogens with zero attached hydrogens (tertiary/aromatic N) is 6. The molecule has 0 radical (unpaired) electrons. The van der Waals surface area contributed by atoms with E-state index < -0.39 is 0 Å². The highest BCUT2D eigenvalue weighted by molar-refractivity contribution is 5.96. The minimum atomic E-state index is -0.163. The zero-order chi connectivity index (χ0) is 18.1. The molecular weight excluding hydrogens is 320 g/mol. The van der Waals surface area contributed by atoms with Gasteiger partial charge in [-0.2, -0.15) is 5.10 Å². The van der Waals surface area contributed by atoms with Gasteiger partial charge in [-0.25, -0.2) is 4.98 Å². The lowest BCUT2D eigenvalue weighted by molar-refractivity contribution is 0.0707. The molecule has 134 valence electrons. The third-order valence-corrected chi connectivity index (χ3v) is 4.83. The van der Waals surface area contributed by atoms with Gasteiger partial charge in [-0.3, -0.25) is 14.3 Å². The van der Waals surface area contributed by atoms with Crippen LogP contribution in [0.25, 0.3) is 0 Å². The molecule has 0 aliphatic carbocycles. The lowest BCUT2D eigenvalue weighted by Crippen LogP contribution is -2.40. The summed E-state index contributed by atoms with van der Waals surface area (Å²) < 4.78 is 3.58. The van der Waals surface area contributed by atoms with Crippen LogP contribution in [0.3, 0.4) is 0 Å². The van der Waals surface area contributed by atoms with Gasteiger partial charge in [-0.05, 0) is 20.8 Å². The molecular formula is C17H24N6O2. The standard InChI is InChI=1S/C17H24N6O2/c1-5-21-7-8-23-11-14(19-15(23)17(21)25)16(24)22(6-2)10-13-9-18-20(4)12(13)3/h9,11H,5-8,10H2,1-4H3. The predicted molar refractivity (Wildman–Crippen MR) is 92.2 cm³/mol. The third-order valence-electron chi connectivity index (χ3n) is 4.83. The second-order valence-corrected chi connectivity index (χ2v) is 6.23. The molecule has 1 aliphatic heterocycles. The average molecular weight is 344 g/mol. The average Bonchev–Trinajstić information content (AvgIpc) is 3.18. The third kappa shape index (κ3) is 3.04. The van der Waals surface area contributed by atoms with Crippen LogP contribution in [0.2, 0.25) is 0 Å². The van der Waals surface area contributed by atoms with Crippen LogP contribution < -0.4 is 0 Å². The van der Waals surface area contributed by atoms with Gasteiger partial charge in [0.15, 0.2) is 5.82 Å². The first-order chi connectivity index (χ1) is 12.0. The number of rotatable bonds is 5. The van der Waals surface area contributed by atoms with Crippen molar-refractivity contribution >= 4 is 11.8 Å². The molecule has 2 aromatic rings. The molecule has 0 fully saturated rings. The van der Waals surface area contributed by atoms with Gasteiger partial charge < -0.3 is 14.4 Å². The summed E-state index contributed by atoms with van der Waals surface area (Å²) in [6, 6.07) is 0. The van der Waals surface area contributed by atoms with Crippen LogP contribution in [0.15, 0.2) is 12.4 Å². The second-order valence-electron chi connectivity index (χ2n) is 6.23. The number of likely N-dealkylation sites (N-methyl/N-ethyl adjacent to an activating group) is 1. The highest BCUT2D eigenvalue weighted by Gasteiger charge is 2.28. The number of aryl methyl sites for hydroxylation is 1. The molecule has 0 N–H and O–H groups in total. The van der Waals surface area contributed by atoms with Crippen molar-refractivity contribution in [3.63, 3.8) is 0 Å². The molecule has 0 unspecified atom stereocenters. The zero-order valence-corrected chi connectivity index (χ0v) is 15.2. The maximum Gasteiger partial charge on any atom is 0.289 e. The second kappa shape index (κ2) is 6.70. The topological polar surface area (TPSA) is 76.3 Å². The van der Waals surface area contributed by atoms with Crippen molar-refractivity contribution in [1.29, 1.82) is 0 Å². The monoisotopic (exact) mass is 344 g/mol. The maximum absolute atomic E-state index is 12.9. The Hall–Kier alpha value is -2.64. The number of carbonyl (C=O) groups is 2. The largest absolute Gasteiger partial charge is 0.334 e. The number of amides is 2. The Labute approximate surface area is 147 Å². The molecule has 25 heavy (non-hydrogen) atoms. The first kappa shape index (κ1) is 17.2. The summed E-state index contributed by atoms with van der Waals surface area (Å²) in [5.74, 6) is 0.0764. The molecule has 0 saturated carbocycles. The van der Waals surface area contributed by atoms with Crippen molar-refractivity contribution in [3.05, 3.63) is 35.2 Å². The van der Waals surface area contributed by atoms with E-state index in [1.165, 1.54) is 0 Å². The molecule has 3 heterocycles. The molecule has 0 atom stereocenters. The number of imidazole rings is 1. The molecule has 0 spiro atoms. The minimum Gasteiger partial charge on any atom is -0.334 e. The Balaban J connectivity index is 1.82. The van der Waals surface area contributed by atoms with Crippen LogP contribution in [0.1, 0.15) is 46.2 Å². The number of aromatic nitrogens is 4. The summed E-state index contributed by atoms with van der Waals surface area (Å²) >= 11 is 0. The van der Waals surface area contributed by atoms with Gasteiger partial charge in [0.25, 0.3) is 11.8 Å². The summed E-state index contributed by atoms with van der Waals surface area (Å²) in [6.45, 7) is 8.86. The smallest absolute Gasteiger partial charge is 0.289 e. The number of hydrogen-bond acceptors (Lipinski definition) is 4. The zero-order valence-electron chi connectivity index (χ0n) is 15.2. The van der Waals surface area contributed by atoms with Crippen LogP contribution in [0.5, 0.6) is 0 Å². The Bertz CT molecular complexity index is 806. The summed E-state index contributed by atoms with van der Waals surface area (Å²) in [7, 11) is 1.88. The van der Waals surface area contributed by atoms with Gasteiger partial charge >= 0.3 is 0 Å². The predicted octanol–water partition coefficient (Wildman–Crippen LogP) is 1.06. The van der Waals surface area contributed by atoms with Gasteiger partial charge in [0.2, 0.25) is 0 Å². The fourth-order valence-electron chi connectivity index (χ4n) is 3.03. The van der Waals surface area contributed by atoms with Crippen LogP contribution in [-0.4, -0.2) is 60.6 Å². The Morgan fingerprint density at radius 3 is 2.68 bits per heavy atom. The summed E-state index contributed by atoms with van der Waals surface area (Å²) in [6.07, 6.45) is 3.48. The Morgan fingerprint density at radius 1 is 1.32 bits per heavy atom. The van der Waals surface area contributed by atoms with E-state index in [1.54, 1.807) is 31.4 Å². The quantitative estimate of drug-likeness (QED) is 0.813.